The Morgan fingerprint density at radius 1 is 1.15 bits per heavy atom. The Labute approximate surface area is 157 Å². The van der Waals surface area contributed by atoms with Crippen molar-refractivity contribution in [1.29, 1.82) is 5.26 Å². The molecule has 5 nitrogen and oxygen atoms in total. The van der Waals surface area contributed by atoms with Gasteiger partial charge in [-0.2, -0.15) is 5.26 Å². The first-order valence-electron chi connectivity index (χ1n) is 8.88. The number of carbonyl (C=O) groups excluding carboxylic acids is 2. The van der Waals surface area contributed by atoms with Crippen molar-refractivity contribution in [3.63, 3.8) is 0 Å². The fourth-order valence-electron chi connectivity index (χ4n) is 3.19. The molecule has 2 aromatic carbocycles. The molecule has 1 fully saturated rings. The third-order valence-electron chi connectivity index (χ3n) is 4.68. The third kappa shape index (κ3) is 4.70. The van der Waals surface area contributed by atoms with Crippen LogP contribution in [0.4, 0.5) is 10.1 Å². The van der Waals surface area contributed by atoms with Gasteiger partial charge in [0.05, 0.1) is 18.4 Å². The number of halogens is 1. The first kappa shape index (κ1) is 18.6. The molecule has 3 rings (SSSR count). The predicted octanol–water partition coefficient (Wildman–Crippen LogP) is 3.38. The summed E-state index contributed by atoms with van der Waals surface area (Å²) in [5.74, 6) is -0.988. The average Bonchev–Trinajstić information content (AvgIpc) is 2.70. The van der Waals surface area contributed by atoms with Gasteiger partial charge in [0.1, 0.15) is 5.82 Å². The van der Waals surface area contributed by atoms with Crippen molar-refractivity contribution in [3.05, 3.63) is 65.5 Å². The lowest BCUT2D eigenvalue weighted by Crippen LogP contribution is -2.43. The number of carbonyl (C=O) groups is 2. The molecule has 2 aromatic rings. The minimum atomic E-state index is -0.386. The van der Waals surface area contributed by atoms with Gasteiger partial charge in [0.15, 0.2) is 0 Å². The minimum Gasteiger partial charge on any atom is -0.338 e. The Kier molecular flexibility index (Phi) is 5.82. The van der Waals surface area contributed by atoms with E-state index in [1.54, 1.807) is 17.0 Å². The minimum absolute atomic E-state index is 0.125. The molecule has 138 valence electrons. The molecule has 2 amide bonds. The summed E-state index contributed by atoms with van der Waals surface area (Å²) in [6.07, 6.45) is 1.79. The van der Waals surface area contributed by atoms with E-state index in [1.807, 2.05) is 12.1 Å². The van der Waals surface area contributed by atoms with E-state index in [0.717, 1.165) is 12.0 Å². The van der Waals surface area contributed by atoms with Crippen LogP contribution in [0.5, 0.6) is 0 Å². The van der Waals surface area contributed by atoms with Crippen LogP contribution in [-0.4, -0.2) is 29.8 Å². The van der Waals surface area contributed by atoms with Crippen molar-refractivity contribution in [1.82, 2.24) is 4.90 Å². The zero-order valence-corrected chi connectivity index (χ0v) is 14.8. The molecule has 1 N–H and O–H groups in total. The Hall–Kier alpha value is -3.20. The van der Waals surface area contributed by atoms with Crippen LogP contribution in [0.2, 0.25) is 0 Å². The molecule has 0 radical (unpaired) electrons. The van der Waals surface area contributed by atoms with Crippen LogP contribution in [0.1, 0.15) is 28.8 Å². The molecule has 0 aliphatic carbocycles. The standard InChI is InChI=1S/C21H20FN3O2/c22-18-7-5-16(6-8-18)21(27)25-13-1-2-17(14-25)20(26)24-19-9-3-15(4-10-19)11-12-23/h3-10,17H,1-2,11,13-14H2,(H,24,26). The maximum Gasteiger partial charge on any atom is 0.253 e. The number of hydrogen-bond acceptors (Lipinski definition) is 3. The summed E-state index contributed by atoms with van der Waals surface area (Å²) in [5.41, 5.74) is 1.98. The quantitative estimate of drug-likeness (QED) is 0.903. The normalized spacial score (nSPS) is 16.4. The maximum absolute atomic E-state index is 13.0. The molecule has 27 heavy (non-hydrogen) atoms. The summed E-state index contributed by atoms with van der Waals surface area (Å²) in [4.78, 5) is 26.8. The van der Waals surface area contributed by atoms with E-state index in [0.29, 0.717) is 37.2 Å². The molecule has 1 saturated heterocycles. The second-order valence-corrected chi connectivity index (χ2v) is 6.62. The highest BCUT2D eigenvalue weighted by molar-refractivity contribution is 5.96. The van der Waals surface area contributed by atoms with Gasteiger partial charge in [-0.15, -0.1) is 0 Å². The largest absolute Gasteiger partial charge is 0.338 e. The molecule has 1 aliphatic rings. The molecule has 1 atom stereocenters. The highest BCUT2D eigenvalue weighted by Gasteiger charge is 2.29. The Balaban J connectivity index is 1.61. The van der Waals surface area contributed by atoms with Crippen LogP contribution in [-0.2, 0) is 11.2 Å². The van der Waals surface area contributed by atoms with Gasteiger partial charge in [-0.25, -0.2) is 4.39 Å². The monoisotopic (exact) mass is 365 g/mol. The summed E-state index contributed by atoms with van der Waals surface area (Å²) in [7, 11) is 0. The number of likely N-dealkylation sites (tertiary alicyclic amines) is 1. The summed E-state index contributed by atoms with van der Waals surface area (Å²) < 4.78 is 13.0. The van der Waals surface area contributed by atoms with Gasteiger partial charge in [0.25, 0.3) is 5.91 Å². The molecule has 0 saturated carbocycles. The molecular weight excluding hydrogens is 345 g/mol. The fourth-order valence-corrected chi connectivity index (χ4v) is 3.19. The number of hydrogen-bond donors (Lipinski definition) is 1. The van der Waals surface area contributed by atoms with Crippen molar-refractivity contribution in [3.8, 4) is 6.07 Å². The number of benzene rings is 2. The number of amides is 2. The van der Waals surface area contributed by atoms with E-state index in [2.05, 4.69) is 11.4 Å². The van der Waals surface area contributed by atoms with Crippen LogP contribution >= 0.6 is 0 Å². The summed E-state index contributed by atoms with van der Waals surface area (Å²) in [6.45, 7) is 0.928. The molecule has 1 aliphatic heterocycles. The average molecular weight is 365 g/mol. The van der Waals surface area contributed by atoms with Gasteiger partial charge < -0.3 is 10.2 Å². The van der Waals surface area contributed by atoms with E-state index in [4.69, 9.17) is 5.26 Å². The van der Waals surface area contributed by atoms with E-state index >= 15 is 0 Å². The number of nitrogens with one attached hydrogen (secondary N) is 1. The Morgan fingerprint density at radius 3 is 2.52 bits per heavy atom. The summed E-state index contributed by atoms with van der Waals surface area (Å²) in [6, 6.07) is 14.7. The molecule has 1 unspecified atom stereocenters. The third-order valence-corrected chi connectivity index (χ3v) is 4.68. The van der Waals surface area contributed by atoms with Crippen LogP contribution in [0, 0.1) is 23.1 Å². The van der Waals surface area contributed by atoms with Crippen molar-refractivity contribution < 1.29 is 14.0 Å². The van der Waals surface area contributed by atoms with Crippen LogP contribution in [0.15, 0.2) is 48.5 Å². The number of piperidine rings is 1. The predicted molar refractivity (Wildman–Crippen MR) is 99.4 cm³/mol. The van der Waals surface area contributed by atoms with Gasteiger partial charge >= 0.3 is 0 Å². The van der Waals surface area contributed by atoms with E-state index in [9.17, 15) is 14.0 Å². The second kappa shape index (κ2) is 8.45. The maximum atomic E-state index is 13.0. The lowest BCUT2D eigenvalue weighted by molar-refractivity contribution is -0.121. The van der Waals surface area contributed by atoms with Crippen molar-refractivity contribution in [2.45, 2.75) is 19.3 Å². The van der Waals surface area contributed by atoms with Crippen LogP contribution in [0.3, 0.4) is 0 Å². The van der Waals surface area contributed by atoms with Crippen molar-refractivity contribution in [2.24, 2.45) is 5.92 Å². The zero-order chi connectivity index (χ0) is 19.2. The zero-order valence-electron chi connectivity index (χ0n) is 14.8. The summed E-state index contributed by atoms with van der Waals surface area (Å²) >= 11 is 0. The van der Waals surface area contributed by atoms with E-state index in [1.165, 1.54) is 24.3 Å². The molecule has 1 heterocycles. The lowest BCUT2D eigenvalue weighted by Gasteiger charge is -2.32. The highest BCUT2D eigenvalue weighted by Crippen LogP contribution is 2.21. The first-order chi connectivity index (χ1) is 13.1. The number of anilines is 1. The SMILES string of the molecule is N#CCc1ccc(NC(=O)C2CCCN(C(=O)c3ccc(F)cc3)C2)cc1. The van der Waals surface area contributed by atoms with Gasteiger partial charge in [0, 0.05) is 24.3 Å². The van der Waals surface area contributed by atoms with Gasteiger partial charge in [-0.1, -0.05) is 12.1 Å². The van der Waals surface area contributed by atoms with Gasteiger partial charge in [-0.3, -0.25) is 9.59 Å². The van der Waals surface area contributed by atoms with Gasteiger partial charge in [-0.05, 0) is 54.8 Å². The smallest absolute Gasteiger partial charge is 0.253 e. The topological polar surface area (TPSA) is 73.2 Å². The highest BCUT2D eigenvalue weighted by atomic mass is 19.1. The number of nitrogens with zero attached hydrogens (tertiary/aromatic N) is 2. The van der Waals surface area contributed by atoms with Gasteiger partial charge in [0.2, 0.25) is 5.91 Å². The second-order valence-electron chi connectivity index (χ2n) is 6.62. The number of nitriles is 1. The van der Waals surface area contributed by atoms with E-state index < -0.39 is 0 Å². The van der Waals surface area contributed by atoms with Crippen LogP contribution < -0.4 is 5.32 Å². The summed E-state index contributed by atoms with van der Waals surface area (Å²) in [5, 5.41) is 11.6. The van der Waals surface area contributed by atoms with Crippen molar-refractivity contribution >= 4 is 17.5 Å². The molecule has 0 bridgehead atoms. The lowest BCUT2D eigenvalue weighted by atomic mass is 9.96. The molecule has 0 spiro atoms. The first-order valence-corrected chi connectivity index (χ1v) is 8.88. The molecule has 6 heteroatoms. The Bertz CT molecular complexity index is 856. The van der Waals surface area contributed by atoms with E-state index in [-0.39, 0.29) is 23.5 Å². The number of rotatable bonds is 4. The van der Waals surface area contributed by atoms with Crippen LogP contribution in [0.25, 0.3) is 0 Å². The fraction of sp³-hybridized carbons (Fsp3) is 0.286. The Morgan fingerprint density at radius 2 is 1.85 bits per heavy atom. The molecule has 0 aromatic heterocycles. The van der Waals surface area contributed by atoms with Crippen molar-refractivity contribution in [2.75, 3.05) is 18.4 Å². The molecular formula is C21H20FN3O2.